The lowest BCUT2D eigenvalue weighted by atomic mass is 10.1. The number of carbonyl (C=O) groups excluding carboxylic acids is 1. The quantitative estimate of drug-likeness (QED) is 0.714. The van der Waals surface area contributed by atoms with Crippen LogP contribution in [-0.2, 0) is 0 Å². The summed E-state index contributed by atoms with van der Waals surface area (Å²) in [5.74, 6) is -0.115. The molecule has 0 N–H and O–H groups in total. The van der Waals surface area contributed by atoms with Crippen LogP contribution in [0.1, 0.15) is 16.1 Å². The Morgan fingerprint density at radius 3 is 2.42 bits per heavy atom. The Kier molecular flexibility index (Phi) is 4.21. The molecule has 0 saturated carbocycles. The van der Waals surface area contributed by atoms with E-state index in [1.54, 1.807) is 29.2 Å². The minimum Gasteiger partial charge on any atom is -0.451 e. The highest BCUT2D eigenvalue weighted by atomic mass is 16.3. The summed E-state index contributed by atoms with van der Waals surface area (Å²) in [6, 6.07) is 16.6. The largest absolute Gasteiger partial charge is 0.451 e. The number of hydrogen-bond acceptors (Lipinski definition) is 4. The normalized spacial score (nSPS) is 14.7. The third kappa shape index (κ3) is 2.96. The SMILES string of the molecule is Cc1ccccc1N1CCN(C(=O)c2cc(=O)c3ccccc3o2)CC1. The Morgan fingerprint density at radius 1 is 0.962 bits per heavy atom. The van der Waals surface area contributed by atoms with Crippen LogP contribution in [0.5, 0.6) is 0 Å². The molecule has 1 aliphatic rings. The molecule has 2 heterocycles. The number of hydrogen-bond donors (Lipinski definition) is 0. The highest BCUT2D eigenvalue weighted by Crippen LogP contribution is 2.21. The summed E-state index contributed by atoms with van der Waals surface area (Å²) >= 11 is 0. The van der Waals surface area contributed by atoms with E-state index in [-0.39, 0.29) is 17.1 Å². The van der Waals surface area contributed by atoms with Gasteiger partial charge in [-0.2, -0.15) is 0 Å². The topological polar surface area (TPSA) is 53.8 Å². The van der Waals surface area contributed by atoms with Crippen LogP contribution >= 0.6 is 0 Å². The van der Waals surface area contributed by atoms with Crippen molar-refractivity contribution in [3.8, 4) is 0 Å². The number of piperazine rings is 1. The van der Waals surface area contributed by atoms with E-state index in [4.69, 9.17) is 4.42 Å². The summed E-state index contributed by atoms with van der Waals surface area (Å²) in [7, 11) is 0. The highest BCUT2D eigenvalue weighted by Gasteiger charge is 2.25. The molecule has 1 aliphatic heterocycles. The van der Waals surface area contributed by atoms with Crippen molar-refractivity contribution in [3.05, 3.63) is 76.1 Å². The van der Waals surface area contributed by atoms with Gasteiger partial charge < -0.3 is 14.2 Å². The Bertz CT molecular complexity index is 1020. The zero-order chi connectivity index (χ0) is 18.1. The molecule has 3 aromatic rings. The van der Waals surface area contributed by atoms with Crippen molar-refractivity contribution >= 4 is 22.6 Å². The maximum atomic E-state index is 12.8. The molecule has 132 valence electrons. The lowest BCUT2D eigenvalue weighted by Gasteiger charge is -2.36. The van der Waals surface area contributed by atoms with E-state index in [1.165, 1.54) is 17.3 Å². The fourth-order valence-corrected chi connectivity index (χ4v) is 3.43. The van der Waals surface area contributed by atoms with Gasteiger partial charge in [-0.05, 0) is 30.7 Å². The van der Waals surface area contributed by atoms with Crippen molar-refractivity contribution in [2.75, 3.05) is 31.1 Å². The van der Waals surface area contributed by atoms with Gasteiger partial charge in [0.15, 0.2) is 11.2 Å². The Labute approximate surface area is 151 Å². The molecule has 2 aromatic carbocycles. The summed E-state index contributed by atoms with van der Waals surface area (Å²) in [5.41, 5.74) is 2.69. The molecule has 5 heteroatoms. The minimum atomic E-state index is -0.225. The maximum Gasteiger partial charge on any atom is 0.289 e. The van der Waals surface area contributed by atoms with Crippen molar-refractivity contribution in [2.24, 2.45) is 0 Å². The molecule has 0 bridgehead atoms. The van der Waals surface area contributed by atoms with Crippen LogP contribution in [0.2, 0.25) is 0 Å². The Hall–Kier alpha value is -3.08. The van der Waals surface area contributed by atoms with E-state index >= 15 is 0 Å². The summed E-state index contributed by atoms with van der Waals surface area (Å²) < 4.78 is 5.68. The molecule has 0 aliphatic carbocycles. The second-order valence-electron chi connectivity index (χ2n) is 6.54. The number of rotatable bonds is 2. The summed E-state index contributed by atoms with van der Waals surface area (Å²) in [4.78, 5) is 29.0. The van der Waals surface area contributed by atoms with Crippen molar-refractivity contribution < 1.29 is 9.21 Å². The zero-order valence-corrected chi connectivity index (χ0v) is 14.6. The van der Waals surface area contributed by atoms with Crippen LogP contribution in [-0.4, -0.2) is 37.0 Å². The molecule has 0 atom stereocenters. The summed E-state index contributed by atoms with van der Waals surface area (Å²) in [6.45, 7) is 4.81. The summed E-state index contributed by atoms with van der Waals surface area (Å²) in [5, 5.41) is 0.494. The average molecular weight is 348 g/mol. The fraction of sp³-hybridized carbons (Fsp3) is 0.238. The average Bonchev–Trinajstić information content (AvgIpc) is 2.68. The lowest BCUT2D eigenvalue weighted by Crippen LogP contribution is -2.49. The van der Waals surface area contributed by atoms with Gasteiger partial charge in [0.2, 0.25) is 0 Å². The lowest BCUT2D eigenvalue weighted by molar-refractivity contribution is 0.0715. The van der Waals surface area contributed by atoms with Gasteiger partial charge in [-0.25, -0.2) is 0 Å². The molecule has 0 spiro atoms. The fourth-order valence-electron chi connectivity index (χ4n) is 3.43. The van der Waals surface area contributed by atoms with Crippen LogP contribution in [0.4, 0.5) is 5.69 Å². The van der Waals surface area contributed by atoms with Gasteiger partial charge in [0.25, 0.3) is 5.91 Å². The number of benzene rings is 2. The number of para-hydroxylation sites is 2. The monoisotopic (exact) mass is 348 g/mol. The van der Waals surface area contributed by atoms with Crippen LogP contribution in [0, 0.1) is 6.92 Å². The van der Waals surface area contributed by atoms with Crippen molar-refractivity contribution in [1.82, 2.24) is 4.90 Å². The predicted octanol–water partition coefficient (Wildman–Crippen LogP) is 3.06. The van der Waals surface area contributed by atoms with Gasteiger partial charge in [0, 0.05) is 37.9 Å². The maximum absolute atomic E-state index is 12.8. The molecule has 1 aromatic heterocycles. The first kappa shape index (κ1) is 16.4. The van der Waals surface area contributed by atoms with Crippen molar-refractivity contribution in [3.63, 3.8) is 0 Å². The van der Waals surface area contributed by atoms with Crippen LogP contribution < -0.4 is 10.3 Å². The van der Waals surface area contributed by atoms with Crippen LogP contribution in [0.15, 0.2) is 63.8 Å². The molecule has 26 heavy (non-hydrogen) atoms. The van der Waals surface area contributed by atoms with Crippen molar-refractivity contribution in [1.29, 1.82) is 0 Å². The number of aryl methyl sites for hydroxylation is 1. The van der Waals surface area contributed by atoms with Crippen LogP contribution in [0.3, 0.4) is 0 Å². The molecular weight excluding hydrogens is 328 g/mol. The highest BCUT2D eigenvalue weighted by molar-refractivity contribution is 5.93. The smallest absolute Gasteiger partial charge is 0.289 e. The Balaban J connectivity index is 1.52. The first-order valence-electron chi connectivity index (χ1n) is 8.76. The van der Waals surface area contributed by atoms with E-state index in [1.807, 2.05) is 12.1 Å². The zero-order valence-electron chi connectivity index (χ0n) is 14.6. The van der Waals surface area contributed by atoms with Crippen molar-refractivity contribution in [2.45, 2.75) is 6.92 Å². The number of amides is 1. The molecule has 1 saturated heterocycles. The van der Waals surface area contributed by atoms with E-state index in [0.717, 1.165) is 13.1 Å². The molecule has 4 rings (SSSR count). The molecular formula is C21H20N2O3. The van der Waals surface area contributed by atoms with Gasteiger partial charge in [0.05, 0.1) is 5.39 Å². The first-order chi connectivity index (χ1) is 12.6. The van der Waals surface area contributed by atoms with Gasteiger partial charge in [0.1, 0.15) is 5.58 Å². The molecule has 1 amide bonds. The second-order valence-corrected chi connectivity index (χ2v) is 6.54. The summed E-state index contributed by atoms with van der Waals surface area (Å²) in [6.07, 6.45) is 0. The van der Waals surface area contributed by atoms with E-state index in [9.17, 15) is 9.59 Å². The minimum absolute atomic E-state index is 0.109. The molecule has 0 unspecified atom stereocenters. The Morgan fingerprint density at radius 2 is 1.65 bits per heavy atom. The molecule has 0 radical (unpaired) electrons. The van der Waals surface area contributed by atoms with E-state index in [0.29, 0.717) is 24.1 Å². The second kappa shape index (κ2) is 6.67. The van der Waals surface area contributed by atoms with Gasteiger partial charge >= 0.3 is 0 Å². The number of anilines is 1. The molecule has 1 fully saturated rings. The number of nitrogens with zero attached hydrogens (tertiary/aromatic N) is 2. The standard InChI is InChI=1S/C21H20N2O3/c1-15-6-2-4-8-17(15)22-10-12-23(13-11-22)21(25)20-14-18(24)16-7-3-5-9-19(16)26-20/h2-9,14H,10-13H2,1H3. The molecule has 5 nitrogen and oxygen atoms in total. The van der Waals surface area contributed by atoms with Gasteiger partial charge in [-0.3, -0.25) is 9.59 Å². The number of fused-ring (bicyclic) bond motifs is 1. The van der Waals surface area contributed by atoms with Gasteiger partial charge in [-0.1, -0.05) is 30.3 Å². The predicted molar refractivity (Wildman–Crippen MR) is 102 cm³/mol. The van der Waals surface area contributed by atoms with Crippen LogP contribution in [0.25, 0.3) is 11.0 Å². The van der Waals surface area contributed by atoms with Gasteiger partial charge in [-0.15, -0.1) is 0 Å². The third-order valence-electron chi connectivity index (χ3n) is 4.87. The third-order valence-corrected chi connectivity index (χ3v) is 4.87. The van der Waals surface area contributed by atoms with E-state index in [2.05, 4.69) is 24.0 Å². The first-order valence-corrected chi connectivity index (χ1v) is 8.76. The number of carbonyl (C=O) groups is 1. The van der Waals surface area contributed by atoms with E-state index < -0.39 is 0 Å².